The van der Waals surface area contributed by atoms with Crippen LogP contribution in [0.4, 0.5) is 22.9 Å². The van der Waals surface area contributed by atoms with E-state index < -0.39 is 0 Å². The van der Waals surface area contributed by atoms with Crippen LogP contribution in [0, 0.1) is 0 Å². The largest absolute Gasteiger partial charge is 0.397 e. The number of pyridine rings is 1. The minimum absolute atomic E-state index is 0. The summed E-state index contributed by atoms with van der Waals surface area (Å²) in [5, 5.41) is 2.77. The van der Waals surface area contributed by atoms with Gasteiger partial charge in [0.1, 0.15) is 5.82 Å². The maximum Gasteiger partial charge on any atom is 0.255 e. The van der Waals surface area contributed by atoms with E-state index in [0.717, 1.165) is 0 Å². The first-order valence-corrected chi connectivity index (χ1v) is 8.04. The maximum atomic E-state index is 12.4. The van der Waals surface area contributed by atoms with Crippen molar-refractivity contribution in [3.05, 3.63) is 78.5 Å². The summed E-state index contributed by atoms with van der Waals surface area (Å²) in [5.74, 6) is 0.0777. The fourth-order valence-corrected chi connectivity index (χ4v) is 2.53. The Labute approximate surface area is 175 Å². The second-order valence-electron chi connectivity index (χ2n) is 5.63. The summed E-state index contributed by atoms with van der Waals surface area (Å²) in [4.78, 5) is 30.1. The Kier molecular flexibility index (Phi) is 8.44. The topological polar surface area (TPSA) is 88.3 Å². The molecule has 0 fully saturated rings. The first kappa shape index (κ1) is 23.0. The van der Waals surface area contributed by atoms with Crippen LogP contribution in [0.15, 0.2) is 72.9 Å². The molecule has 28 heavy (non-hydrogen) atoms. The van der Waals surface area contributed by atoms with Gasteiger partial charge in [-0.25, -0.2) is 4.98 Å². The number of carbonyl (C=O) groups excluding carboxylic acids is 2. The monoisotopic (exact) mass is 418 g/mol. The van der Waals surface area contributed by atoms with Crippen LogP contribution in [-0.4, -0.2) is 16.8 Å². The zero-order chi connectivity index (χ0) is 18.5. The quantitative estimate of drug-likeness (QED) is 0.612. The van der Waals surface area contributed by atoms with Gasteiger partial charge < -0.3 is 11.1 Å². The molecule has 0 aliphatic heterocycles. The van der Waals surface area contributed by atoms with Gasteiger partial charge in [-0.3, -0.25) is 14.5 Å². The van der Waals surface area contributed by atoms with Gasteiger partial charge >= 0.3 is 0 Å². The van der Waals surface area contributed by atoms with Crippen molar-refractivity contribution in [1.29, 1.82) is 0 Å². The summed E-state index contributed by atoms with van der Waals surface area (Å²) in [7, 11) is 0. The lowest BCUT2D eigenvalue weighted by molar-refractivity contribution is -0.115. The third kappa shape index (κ3) is 5.22. The number of benzene rings is 2. The first-order chi connectivity index (χ1) is 12.6. The minimum Gasteiger partial charge on any atom is -0.397 e. The number of hydrogen-bond acceptors (Lipinski definition) is 4. The van der Waals surface area contributed by atoms with Gasteiger partial charge in [0.25, 0.3) is 5.91 Å². The molecule has 0 atom stereocenters. The Morgan fingerprint density at radius 2 is 1.57 bits per heavy atom. The number of para-hydroxylation sites is 2. The molecule has 3 aromatic rings. The van der Waals surface area contributed by atoms with Crippen LogP contribution in [0.1, 0.15) is 17.3 Å². The van der Waals surface area contributed by atoms with Crippen LogP contribution in [-0.2, 0) is 4.79 Å². The van der Waals surface area contributed by atoms with Crippen LogP contribution in [0.2, 0.25) is 0 Å². The molecule has 0 saturated carbocycles. The molecule has 0 radical (unpaired) electrons. The smallest absolute Gasteiger partial charge is 0.255 e. The van der Waals surface area contributed by atoms with Crippen LogP contribution in [0.3, 0.4) is 0 Å². The molecular weight excluding hydrogens is 399 g/mol. The predicted molar refractivity (Wildman–Crippen MR) is 117 cm³/mol. The lowest BCUT2D eigenvalue weighted by Crippen LogP contribution is -2.23. The van der Waals surface area contributed by atoms with Crippen LogP contribution >= 0.6 is 24.8 Å². The van der Waals surface area contributed by atoms with E-state index in [1.165, 1.54) is 11.8 Å². The standard InChI is InChI=1S/C20H18N4O2.2ClH/c1-14(25)24(19-8-4-5-13-22-19)16-11-9-15(10-12-16)20(26)23-18-7-3-2-6-17(18)21;;/h2-13H,21H2,1H3,(H,23,26);2*1H. The molecule has 0 aliphatic rings. The van der Waals surface area contributed by atoms with E-state index >= 15 is 0 Å². The molecule has 0 saturated heterocycles. The van der Waals surface area contributed by atoms with E-state index in [0.29, 0.717) is 28.4 Å². The van der Waals surface area contributed by atoms with Gasteiger partial charge in [-0.05, 0) is 48.5 Å². The van der Waals surface area contributed by atoms with Crippen molar-refractivity contribution < 1.29 is 9.59 Å². The van der Waals surface area contributed by atoms with Crippen LogP contribution in [0.25, 0.3) is 0 Å². The van der Waals surface area contributed by atoms with Gasteiger partial charge in [0, 0.05) is 18.7 Å². The molecule has 1 heterocycles. The molecule has 2 aromatic carbocycles. The van der Waals surface area contributed by atoms with E-state index in [1.807, 2.05) is 6.07 Å². The molecule has 8 heteroatoms. The van der Waals surface area contributed by atoms with E-state index in [2.05, 4.69) is 10.3 Å². The predicted octanol–water partition coefficient (Wildman–Crippen LogP) is 4.44. The number of anilines is 4. The average molecular weight is 419 g/mol. The van der Waals surface area contributed by atoms with Crippen molar-refractivity contribution in [1.82, 2.24) is 4.98 Å². The van der Waals surface area contributed by atoms with Gasteiger partial charge in [0.15, 0.2) is 0 Å². The number of amides is 2. The third-order valence-electron chi connectivity index (χ3n) is 3.79. The molecule has 1 aromatic heterocycles. The van der Waals surface area contributed by atoms with Crippen molar-refractivity contribution in [2.24, 2.45) is 0 Å². The Hall–Kier alpha value is -3.09. The fourth-order valence-electron chi connectivity index (χ4n) is 2.53. The number of aromatic nitrogens is 1. The Morgan fingerprint density at radius 1 is 0.929 bits per heavy atom. The van der Waals surface area contributed by atoms with Crippen LogP contribution < -0.4 is 16.0 Å². The van der Waals surface area contributed by atoms with E-state index in [4.69, 9.17) is 5.73 Å². The molecule has 3 rings (SSSR count). The number of nitrogen functional groups attached to an aromatic ring is 1. The lowest BCUT2D eigenvalue weighted by Gasteiger charge is -2.20. The highest BCUT2D eigenvalue weighted by molar-refractivity contribution is 6.06. The SMILES string of the molecule is CC(=O)N(c1ccc(C(=O)Nc2ccccc2N)cc1)c1ccccn1.Cl.Cl. The van der Waals surface area contributed by atoms with Crippen molar-refractivity contribution in [3.63, 3.8) is 0 Å². The second-order valence-corrected chi connectivity index (χ2v) is 5.63. The summed E-state index contributed by atoms with van der Waals surface area (Å²) in [5.41, 5.74) is 7.99. The molecule has 6 nitrogen and oxygen atoms in total. The summed E-state index contributed by atoms with van der Waals surface area (Å²) >= 11 is 0. The highest BCUT2D eigenvalue weighted by Gasteiger charge is 2.16. The Morgan fingerprint density at radius 3 is 2.14 bits per heavy atom. The molecule has 3 N–H and O–H groups in total. The summed E-state index contributed by atoms with van der Waals surface area (Å²) in [6, 6.07) is 19.1. The average Bonchev–Trinajstić information content (AvgIpc) is 2.65. The Bertz CT molecular complexity index is 934. The van der Waals surface area contributed by atoms with Gasteiger partial charge in [0.2, 0.25) is 5.91 Å². The van der Waals surface area contributed by atoms with Crippen molar-refractivity contribution in [2.45, 2.75) is 6.92 Å². The number of rotatable bonds is 4. The van der Waals surface area contributed by atoms with Crippen molar-refractivity contribution in [2.75, 3.05) is 16.0 Å². The normalized spacial score (nSPS) is 9.46. The molecule has 0 spiro atoms. The number of nitrogens with one attached hydrogen (secondary N) is 1. The number of nitrogens with zero attached hydrogens (tertiary/aromatic N) is 2. The fraction of sp³-hybridized carbons (Fsp3) is 0.0500. The molecule has 0 unspecified atom stereocenters. The lowest BCUT2D eigenvalue weighted by atomic mass is 10.1. The zero-order valence-electron chi connectivity index (χ0n) is 15.0. The number of halogens is 2. The summed E-state index contributed by atoms with van der Waals surface area (Å²) in [6.45, 7) is 1.47. The third-order valence-corrected chi connectivity index (χ3v) is 3.79. The van der Waals surface area contributed by atoms with Crippen molar-refractivity contribution >= 4 is 59.5 Å². The highest BCUT2D eigenvalue weighted by atomic mass is 35.5. The van der Waals surface area contributed by atoms with Gasteiger partial charge in [0.05, 0.1) is 17.1 Å². The number of nitrogens with two attached hydrogens (primary N) is 1. The van der Waals surface area contributed by atoms with Gasteiger partial charge in [-0.2, -0.15) is 0 Å². The molecule has 2 amide bonds. The van der Waals surface area contributed by atoms with E-state index in [-0.39, 0.29) is 36.6 Å². The van der Waals surface area contributed by atoms with E-state index in [9.17, 15) is 9.59 Å². The van der Waals surface area contributed by atoms with Gasteiger partial charge in [-0.15, -0.1) is 24.8 Å². The summed E-state index contributed by atoms with van der Waals surface area (Å²) in [6.07, 6.45) is 1.62. The molecular formula is C20H20Cl2N4O2. The maximum absolute atomic E-state index is 12.4. The van der Waals surface area contributed by atoms with Crippen molar-refractivity contribution in [3.8, 4) is 0 Å². The molecule has 0 aliphatic carbocycles. The summed E-state index contributed by atoms with van der Waals surface area (Å²) < 4.78 is 0. The second kappa shape index (κ2) is 10.3. The molecule has 0 bridgehead atoms. The van der Waals surface area contributed by atoms with E-state index in [1.54, 1.807) is 66.9 Å². The van der Waals surface area contributed by atoms with Gasteiger partial charge in [-0.1, -0.05) is 18.2 Å². The first-order valence-electron chi connectivity index (χ1n) is 8.04. The Balaban J connectivity index is 0.00000196. The number of hydrogen-bond donors (Lipinski definition) is 2. The minimum atomic E-state index is -0.276. The number of carbonyl (C=O) groups is 2. The van der Waals surface area contributed by atoms with Crippen LogP contribution in [0.5, 0.6) is 0 Å². The molecule has 146 valence electrons. The zero-order valence-corrected chi connectivity index (χ0v) is 16.7. The highest BCUT2D eigenvalue weighted by Crippen LogP contribution is 2.24.